The SMILES string of the molecule is CC1=[C-]C(C)(C)C(C)=C1C.[Cl-].[Cl-].[Ti+4].c1ccc(-c2ccccc2[N-]c2ccccc2-c2ccccc2)cc1. The zero-order valence-corrected chi connectivity index (χ0v) is 25.7. The molecule has 38 heavy (non-hydrogen) atoms. The number of nitrogens with zero attached hydrogens (tertiary/aromatic N) is 1. The van der Waals surface area contributed by atoms with Crippen molar-refractivity contribution in [2.24, 2.45) is 5.41 Å². The maximum atomic E-state index is 4.99. The molecule has 192 valence electrons. The van der Waals surface area contributed by atoms with Gasteiger partial charge in [-0.3, -0.25) is 6.08 Å². The molecule has 5 rings (SSSR count). The van der Waals surface area contributed by atoms with E-state index in [0.717, 1.165) is 22.5 Å². The Morgan fingerprint density at radius 3 is 1.24 bits per heavy atom. The minimum atomic E-state index is 0. The Morgan fingerprint density at radius 1 is 0.553 bits per heavy atom. The van der Waals surface area contributed by atoms with Gasteiger partial charge in [0, 0.05) is 0 Å². The summed E-state index contributed by atoms with van der Waals surface area (Å²) in [6.07, 6.45) is 3.44. The van der Waals surface area contributed by atoms with Crippen molar-refractivity contribution in [1.82, 2.24) is 0 Å². The van der Waals surface area contributed by atoms with E-state index in [2.05, 4.69) is 126 Å². The Balaban J connectivity index is 0.000000477. The van der Waals surface area contributed by atoms with Gasteiger partial charge in [0.25, 0.3) is 0 Å². The van der Waals surface area contributed by atoms with E-state index in [9.17, 15) is 0 Å². The summed E-state index contributed by atoms with van der Waals surface area (Å²) in [6, 6.07) is 37.4. The molecule has 0 aliphatic heterocycles. The number of halogens is 2. The van der Waals surface area contributed by atoms with Gasteiger partial charge in [-0.25, -0.2) is 5.57 Å². The van der Waals surface area contributed by atoms with E-state index in [1.807, 2.05) is 24.3 Å². The monoisotopic (exact) mass is 573 g/mol. The predicted molar refractivity (Wildman–Crippen MR) is 151 cm³/mol. The number of allylic oxidation sites excluding steroid dienone is 4. The number of hydrogen-bond donors (Lipinski definition) is 0. The molecule has 4 aromatic carbocycles. The second-order valence-corrected chi connectivity index (χ2v) is 9.50. The van der Waals surface area contributed by atoms with Gasteiger partial charge >= 0.3 is 21.7 Å². The molecule has 1 aliphatic rings. The predicted octanol–water partition coefficient (Wildman–Crippen LogP) is 4.48. The first kappa shape index (κ1) is 33.5. The fraction of sp³-hybridized carbons (Fsp3) is 0.176. The molecule has 0 radical (unpaired) electrons. The average Bonchev–Trinajstić information content (AvgIpc) is 3.07. The summed E-state index contributed by atoms with van der Waals surface area (Å²) in [4.78, 5) is 0. The number of para-hydroxylation sites is 2. The molecule has 0 saturated heterocycles. The minimum absolute atomic E-state index is 0. The van der Waals surface area contributed by atoms with Crippen LogP contribution >= 0.6 is 0 Å². The average molecular weight is 574 g/mol. The molecule has 0 amide bonds. The first-order valence-electron chi connectivity index (χ1n) is 12.2. The molecule has 0 aromatic heterocycles. The zero-order chi connectivity index (χ0) is 24.8. The third-order valence-corrected chi connectivity index (χ3v) is 6.78. The molecule has 0 heterocycles. The molecule has 0 atom stereocenters. The second-order valence-electron chi connectivity index (χ2n) is 9.50. The summed E-state index contributed by atoms with van der Waals surface area (Å²) in [5.74, 6) is 0. The van der Waals surface area contributed by atoms with Gasteiger partial charge in [-0.2, -0.15) is 11.1 Å². The zero-order valence-electron chi connectivity index (χ0n) is 22.6. The first-order chi connectivity index (χ1) is 16.9. The molecule has 1 nitrogen and oxygen atoms in total. The van der Waals surface area contributed by atoms with Crippen molar-refractivity contribution in [3.8, 4) is 22.3 Å². The Morgan fingerprint density at radius 2 is 0.921 bits per heavy atom. The quantitative estimate of drug-likeness (QED) is 0.252. The molecule has 0 spiro atoms. The van der Waals surface area contributed by atoms with Crippen molar-refractivity contribution >= 4 is 11.4 Å². The molecule has 0 bridgehead atoms. The van der Waals surface area contributed by atoms with Crippen LogP contribution in [0.1, 0.15) is 34.6 Å². The van der Waals surface area contributed by atoms with Crippen LogP contribution in [-0.4, -0.2) is 0 Å². The standard InChI is InChI=1S/C24H18N.C10H15.2ClH.Ti/c1-3-11-19(12-4-1)21-15-7-9-17-23(21)25-24-18-10-8-16-22(24)20-13-5-2-6-14-20;1-7-6-10(4,5)9(3)8(7)2;;;/h1-18H;1-5H3;2*1H;/q2*-1;;;+4/p-2. The van der Waals surface area contributed by atoms with Gasteiger partial charge in [0.05, 0.1) is 0 Å². The summed E-state index contributed by atoms with van der Waals surface area (Å²) in [6.45, 7) is 10.9. The van der Waals surface area contributed by atoms with Crippen LogP contribution in [0.4, 0.5) is 11.4 Å². The normalized spacial score (nSPS) is 13.0. The maximum absolute atomic E-state index is 4.99. The Labute approximate surface area is 256 Å². The van der Waals surface area contributed by atoms with Gasteiger partial charge in [-0.05, 0) is 22.3 Å². The van der Waals surface area contributed by atoms with E-state index in [1.165, 1.54) is 27.8 Å². The summed E-state index contributed by atoms with van der Waals surface area (Å²) in [7, 11) is 0. The van der Waals surface area contributed by atoms with Crippen LogP contribution in [0.25, 0.3) is 27.6 Å². The molecular weight excluding hydrogens is 541 g/mol. The van der Waals surface area contributed by atoms with Gasteiger partial charge in [0.15, 0.2) is 0 Å². The van der Waals surface area contributed by atoms with Crippen LogP contribution in [0.15, 0.2) is 126 Å². The summed E-state index contributed by atoms with van der Waals surface area (Å²) < 4.78 is 0. The van der Waals surface area contributed by atoms with Gasteiger partial charge in [0.1, 0.15) is 0 Å². The van der Waals surface area contributed by atoms with Crippen LogP contribution in [0.5, 0.6) is 0 Å². The van der Waals surface area contributed by atoms with Gasteiger partial charge in [0.2, 0.25) is 0 Å². The van der Waals surface area contributed by atoms with Gasteiger partial charge in [-0.1, -0.05) is 142 Å². The molecule has 0 unspecified atom stereocenters. The van der Waals surface area contributed by atoms with Crippen molar-refractivity contribution in [1.29, 1.82) is 0 Å². The van der Waals surface area contributed by atoms with Crippen molar-refractivity contribution in [2.45, 2.75) is 34.6 Å². The van der Waals surface area contributed by atoms with E-state index >= 15 is 0 Å². The maximum Gasteiger partial charge on any atom is 4.00 e. The Hall–Kier alpha value is -2.55. The van der Waals surface area contributed by atoms with Crippen LogP contribution in [-0.2, 0) is 21.7 Å². The molecule has 0 saturated carbocycles. The molecule has 4 aromatic rings. The molecule has 1 aliphatic carbocycles. The molecular formula is C34H33Cl2NTi. The summed E-state index contributed by atoms with van der Waals surface area (Å²) in [5.41, 5.74) is 11.0. The summed E-state index contributed by atoms with van der Waals surface area (Å²) >= 11 is 0. The van der Waals surface area contributed by atoms with Crippen LogP contribution in [0.2, 0.25) is 0 Å². The van der Waals surface area contributed by atoms with Crippen molar-refractivity contribution in [3.63, 3.8) is 0 Å². The minimum Gasteiger partial charge on any atom is -1.00 e. The van der Waals surface area contributed by atoms with Crippen molar-refractivity contribution in [3.05, 3.63) is 137 Å². The third kappa shape index (κ3) is 7.98. The van der Waals surface area contributed by atoms with Crippen molar-refractivity contribution in [2.75, 3.05) is 0 Å². The van der Waals surface area contributed by atoms with Crippen molar-refractivity contribution < 1.29 is 46.5 Å². The topological polar surface area (TPSA) is 14.1 Å². The Bertz CT molecular complexity index is 1280. The van der Waals surface area contributed by atoms with Crippen LogP contribution < -0.4 is 24.8 Å². The van der Waals surface area contributed by atoms with Crippen LogP contribution in [0, 0.1) is 11.5 Å². The van der Waals surface area contributed by atoms with E-state index in [1.54, 1.807) is 0 Å². The number of hydrogen-bond acceptors (Lipinski definition) is 0. The summed E-state index contributed by atoms with van der Waals surface area (Å²) in [5, 5.41) is 4.99. The number of benzene rings is 4. The van der Waals surface area contributed by atoms with E-state index in [0.29, 0.717) is 0 Å². The Kier molecular flexibility index (Phi) is 13.3. The number of rotatable bonds is 4. The van der Waals surface area contributed by atoms with Crippen LogP contribution in [0.3, 0.4) is 0 Å². The van der Waals surface area contributed by atoms with E-state index < -0.39 is 0 Å². The third-order valence-electron chi connectivity index (χ3n) is 6.78. The molecule has 4 heteroatoms. The molecule has 0 fully saturated rings. The smallest absolute Gasteiger partial charge is 1.00 e. The van der Waals surface area contributed by atoms with E-state index in [-0.39, 0.29) is 51.9 Å². The molecule has 0 N–H and O–H groups in total. The van der Waals surface area contributed by atoms with E-state index in [4.69, 9.17) is 5.32 Å². The second kappa shape index (κ2) is 15.1. The van der Waals surface area contributed by atoms with Gasteiger partial charge < -0.3 is 30.1 Å². The largest absolute Gasteiger partial charge is 4.00 e. The van der Waals surface area contributed by atoms with Gasteiger partial charge in [-0.15, -0.1) is 18.3 Å². The fourth-order valence-corrected chi connectivity index (χ4v) is 4.40. The fourth-order valence-electron chi connectivity index (χ4n) is 4.40. The first-order valence-corrected chi connectivity index (χ1v) is 12.2.